The number of rotatable bonds is 3. The van der Waals surface area contributed by atoms with Crippen molar-refractivity contribution in [1.82, 2.24) is 9.97 Å². The predicted octanol–water partition coefficient (Wildman–Crippen LogP) is 1.53. The summed E-state index contributed by atoms with van der Waals surface area (Å²) in [5.41, 5.74) is 0. The van der Waals surface area contributed by atoms with E-state index in [2.05, 4.69) is 9.97 Å². The van der Waals surface area contributed by atoms with Crippen molar-refractivity contribution < 1.29 is 4.92 Å². The van der Waals surface area contributed by atoms with Gasteiger partial charge < -0.3 is 15.1 Å². The van der Waals surface area contributed by atoms with E-state index >= 15 is 0 Å². The van der Waals surface area contributed by atoms with E-state index in [0.29, 0.717) is 11.7 Å². The smallest absolute Gasteiger partial charge is 0.358 e. The molecular weight excluding hydrogens is 158 g/mol. The number of hydrogen-bond donors (Lipinski definition) is 1. The monoisotopic (exact) mass is 168 g/mol. The second kappa shape index (κ2) is 3.34. The van der Waals surface area contributed by atoms with Crippen LogP contribution < -0.4 is 0 Å². The maximum Gasteiger partial charge on any atom is 0.381 e. The van der Waals surface area contributed by atoms with Crippen molar-refractivity contribution in [2.75, 3.05) is 0 Å². The molecule has 0 atom stereocenters. The van der Waals surface area contributed by atoms with E-state index in [1.807, 2.05) is 20.3 Å². The molecule has 0 saturated carbocycles. The highest BCUT2D eigenvalue weighted by Gasteiger charge is 2.13. The van der Waals surface area contributed by atoms with Gasteiger partial charge in [-0.15, -0.1) is 0 Å². The lowest BCUT2D eigenvalue weighted by Crippen LogP contribution is -1.93. The number of aromatic nitrogens is 2. The summed E-state index contributed by atoms with van der Waals surface area (Å²) in [4.78, 5) is 16.1. The summed E-state index contributed by atoms with van der Waals surface area (Å²) in [5.74, 6) is 0.745. The Kier molecular flexibility index (Phi) is 2.42. The topological polar surface area (TPSA) is 71.8 Å². The molecule has 5 heteroatoms. The Balaban J connectivity index is 2.71. The lowest BCUT2D eigenvalue weighted by atomic mass is 10.1. The zero-order valence-corrected chi connectivity index (χ0v) is 6.94. The van der Waals surface area contributed by atoms with Crippen LogP contribution in [0, 0.1) is 22.5 Å². The number of aromatic amines is 1. The van der Waals surface area contributed by atoms with Crippen molar-refractivity contribution in [2.24, 2.45) is 5.92 Å². The second-order valence-electron chi connectivity index (χ2n) is 2.81. The summed E-state index contributed by atoms with van der Waals surface area (Å²) in [5, 5.41) is 10.2. The standard InChI is InChI=1S/C7H10N3O2/c1-5(2)3-6-8-4-7(9-6)10(11)12/h3-5H,1-2H3,(H,8,9). The molecule has 0 aliphatic heterocycles. The van der Waals surface area contributed by atoms with Crippen LogP contribution in [0.2, 0.25) is 0 Å². The number of imidazole rings is 1. The minimum Gasteiger partial charge on any atom is -0.358 e. The molecule has 0 saturated heterocycles. The van der Waals surface area contributed by atoms with Crippen molar-refractivity contribution in [3.63, 3.8) is 0 Å². The number of hydrogen-bond acceptors (Lipinski definition) is 3. The molecule has 5 nitrogen and oxygen atoms in total. The molecule has 12 heavy (non-hydrogen) atoms. The molecule has 1 radical (unpaired) electrons. The molecule has 0 spiro atoms. The Bertz CT molecular complexity index is 280. The first kappa shape index (κ1) is 8.70. The number of H-pyrrole nitrogens is 1. The molecule has 0 fully saturated rings. The maximum atomic E-state index is 10.2. The van der Waals surface area contributed by atoms with Crippen molar-refractivity contribution in [3.05, 3.63) is 28.6 Å². The summed E-state index contributed by atoms with van der Waals surface area (Å²) >= 11 is 0. The first-order chi connectivity index (χ1) is 5.59. The minimum absolute atomic E-state index is 0.137. The molecule has 0 aliphatic carbocycles. The van der Waals surface area contributed by atoms with E-state index in [9.17, 15) is 10.1 Å². The second-order valence-corrected chi connectivity index (χ2v) is 2.81. The molecule has 0 aliphatic rings. The van der Waals surface area contributed by atoms with Crippen LogP contribution in [0.3, 0.4) is 0 Å². The van der Waals surface area contributed by atoms with Crippen molar-refractivity contribution >= 4 is 5.82 Å². The highest BCUT2D eigenvalue weighted by Crippen LogP contribution is 2.11. The van der Waals surface area contributed by atoms with Gasteiger partial charge in [-0.2, -0.15) is 0 Å². The fourth-order valence-electron chi connectivity index (χ4n) is 0.821. The summed E-state index contributed by atoms with van der Waals surface area (Å²) < 4.78 is 0. The third-order valence-electron chi connectivity index (χ3n) is 1.26. The van der Waals surface area contributed by atoms with Gasteiger partial charge in [0.05, 0.1) is 6.42 Å². The van der Waals surface area contributed by atoms with E-state index in [4.69, 9.17) is 0 Å². The summed E-state index contributed by atoms with van der Waals surface area (Å²) in [6.07, 6.45) is 3.11. The van der Waals surface area contributed by atoms with Crippen LogP contribution in [0.15, 0.2) is 6.20 Å². The molecule has 0 unspecified atom stereocenters. The minimum atomic E-state index is -0.520. The number of nitrogens with zero attached hydrogens (tertiary/aromatic N) is 2. The molecule has 0 aromatic carbocycles. The SMILES string of the molecule is CC(C)[CH]c1nc([N+](=O)[O-])c[nH]1. The Hall–Kier alpha value is -1.39. The Morgan fingerprint density at radius 1 is 1.75 bits per heavy atom. The first-order valence-corrected chi connectivity index (χ1v) is 3.64. The van der Waals surface area contributed by atoms with Gasteiger partial charge in [0.2, 0.25) is 5.82 Å². The lowest BCUT2D eigenvalue weighted by molar-refractivity contribution is -0.389. The zero-order chi connectivity index (χ0) is 9.14. The predicted molar refractivity (Wildman–Crippen MR) is 43.5 cm³/mol. The molecule has 0 amide bonds. The Morgan fingerprint density at radius 3 is 2.83 bits per heavy atom. The molecular formula is C7H10N3O2. The molecule has 1 rings (SSSR count). The average molecular weight is 168 g/mol. The van der Waals surface area contributed by atoms with E-state index in [-0.39, 0.29) is 5.82 Å². The summed E-state index contributed by atoms with van der Waals surface area (Å²) in [7, 11) is 0. The van der Waals surface area contributed by atoms with Gasteiger partial charge >= 0.3 is 5.82 Å². The van der Waals surface area contributed by atoms with E-state index in [1.165, 1.54) is 6.20 Å². The van der Waals surface area contributed by atoms with Gasteiger partial charge in [0.25, 0.3) is 0 Å². The number of nitro groups is 1. The molecule has 1 aromatic heterocycles. The number of nitrogens with one attached hydrogen (secondary N) is 1. The van der Waals surface area contributed by atoms with Crippen LogP contribution in [-0.2, 0) is 0 Å². The van der Waals surface area contributed by atoms with Crippen molar-refractivity contribution in [2.45, 2.75) is 13.8 Å². The van der Waals surface area contributed by atoms with Crippen LogP contribution in [-0.4, -0.2) is 14.9 Å². The zero-order valence-electron chi connectivity index (χ0n) is 6.94. The largest absolute Gasteiger partial charge is 0.381 e. The van der Waals surface area contributed by atoms with Gasteiger partial charge in [-0.1, -0.05) is 13.8 Å². The van der Waals surface area contributed by atoms with Crippen LogP contribution in [0.4, 0.5) is 5.82 Å². The van der Waals surface area contributed by atoms with Crippen LogP contribution in [0.5, 0.6) is 0 Å². The summed E-state index contributed by atoms with van der Waals surface area (Å²) in [6.45, 7) is 3.96. The van der Waals surface area contributed by atoms with Crippen molar-refractivity contribution in [3.8, 4) is 0 Å². The molecule has 1 aromatic rings. The fourth-order valence-corrected chi connectivity index (χ4v) is 0.821. The van der Waals surface area contributed by atoms with Crippen molar-refractivity contribution in [1.29, 1.82) is 0 Å². The first-order valence-electron chi connectivity index (χ1n) is 3.64. The lowest BCUT2D eigenvalue weighted by Gasteiger charge is -1.94. The van der Waals surface area contributed by atoms with Crippen LogP contribution in [0.1, 0.15) is 19.7 Å². The van der Waals surface area contributed by atoms with Gasteiger partial charge in [-0.25, -0.2) is 0 Å². The normalized spacial score (nSPS) is 10.6. The molecule has 1 heterocycles. The Morgan fingerprint density at radius 2 is 2.42 bits per heavy atom. The third-order valence-corrected chi connectivity index (χ3v) is 1.26. The Labute approximate surface area is 70.0 Å². The van der Waals surface area contributed by atoms with Gasteiger partial charge in [-0.05, 0) is 15.8 Å². The van der Waals surface area contributed by atoms with Gasteiger partial charge in [0, 0.05) is 0 Å². The highest BCUT2D eigenvalue weighted by atomic mass is 16.6. The van der Waals surface area contributed by atoms with Crippen LogP contribution in [0.25, 0.3) is 0 Å². The maximum absolute atomic E-state index is 10.2. The van der Waals surface area contributed by atoms with Crippen LogP contribution >= 0.6 is 0 Å². The van der Waals surface area contributed by atoms with E-state index in [0.717, 1.165) is 0 Å². The molecule has 0 bridgehead atoms. The van der Waals surface area contributed by atoms with E-state index in [1.54, 1.807) is 0 Å². The molecule has 65 valence electrons. The summed E-state index contributed by atoms with van der Waals surface area (Å²) in [6, 6.07) is 0. The van der Waals surface area contributed by atoms with E-state index < -0.39 is 4.92 Å². The van der Waals surface area contributed by atoms with Gasteiger partial charge in [0.1, 0.15) is 6.20 Å². The molecule has 1 N–H and O–H groups in total. The van der Waals surface area contributed by atoms with Gasteiger partial charge in [-0.3, -0.25) is 0 Å². The van der Waals surface area contributed by atoms with Gasteiger partial charge in [0.15, 0.2) is 0 Å². The highest BCUT2D eigenvalue weighted by molar-refractivity contribution is 5.18. The third kappa shape index (κ3) is 2.05. The average Bonchev–Trinajstić information content (AvgIpc) is 2.34. The quantitative estimate of drug-likeness (QED) is 0.549. The fraction of sp³-hybridized carbons (Fsp3) is 0.429.